The molecule has 0 aromatic heterocycles. The van der Waals surface area contributed by atoms with Crippen LogP contribution in [-0.4, -0.2) is 61.2 Å². The van der Waals surface area contributed by atoms with Crippen LogP contribution in [0.5, 0.6) is 5.75 Å². The van der Waals surface area contributed by atoms with Crippen molar-refractivity contribution in [1.29, 1.82) is 0 Å². The first-order valence-electron chi connectivity index (χ1n) is 11.1. The maximum absolute atomic E-state index is 12.7. The second-order valence-corrected chi connectivity index (χ2v) is 10.0. The molecule has 3 aliphatic rings. The van der Waals surface area contributed by atoms with Gasteiger partial charge in [-0.15, -0.1) is 0 Å². The molecule has 4 rings (SSSR count). The summed E-state index contributed by atoms with van der Waals surface area (Å²) in [6.45, 7) is 10.3. The molecule has 1 aromatic carbocycles. The Morgan fingerprint density at radius 1 is 1.24 bits per heavy atom. The fourth-order valence-corrected chi connectivity index (χ4v) is 5.54. The highest BCUT2D eigenvalue weighted by Crippen LogP contribution is 2.42. The zero-order chi connectivity index (χ0) is 20.5. The smallest absolute Gasteiger partial charge is 0.223 e. The lowest BCUT2D eigenvalue weighted by Gasteiger charge is -2.42. The summed E-state index contributed by atoms with van der Waals surface area (Å²) < 4.78 is 11.2. The Hall–Kier alpha value is -1.59. The summed E-state index contributed by atoms with van der Waals surface area (Å²) in [6, 6.07) is 8.07. The van der Waals surface area contributed by atoms with Crippen molar-refractivity contribution in [3.05, 3.63) is 29.8 Å². The molecule has 0 N–H and O–H groups in total. The van der Waals surface area contributed by atoms with Crippen LogP contribution in [0.1, 0.15) is 51.5 Å². The lowest BCUT2D eigenvalue weighted by Crippen LogP contribution is -2.45. The van der Waals surface area contributed by atoms with Gasteiger partial charge in [0.05, 0.1) is 12.7 Å². The van der Waals surface area contributed by atoms with Crippen LogP contribution in [-0.2, 0) is 16.1 Å². The first kappa shape index (κ1) is 20.7. The van der Waals surface area contributed by atoms with Crippen LogP contribution in [0.3, 0.4) is 0 Å². The number of benzene rings is 1. The van der Waals surface area contributed by atoms with Gasteiger partial charge in [-0.3, -0.25) is 4.79 Å². The van der Waals surface area contributed by atoms with Crippen molar-refractivity contribution < 1.29 is 14.3 Å². The van der Waals surface area contributed by atoms with E-state index in [0.717, 1.165) is 69.2 Å². The Morgan fingerprint density at radius 2 is 2.03 bits per heavy atom. The van der Waals surface area contributed by atoms with E-state index in [2.05, 4.69) is 29.7 Å². The van der Waals surface area contributed by atoms with Gasteiger partial charge in [0, 0.05) is 32.7 Å². The average Bonchev–Trinajstić information content (AvgIpc) is 2.98. The van der Waals surface area contributed by atoms with Crippen molar-refractivity contribution >= 4 is 5.91 Å². The summed E-state index contributed by atoms with van der Waals surface area (Å²) in [6.07, 6.45) is 5.33. The van der Waals surface area contributed by atoms with Gasteiger partial charge in [-0.25, -0.2) is 0 Å². The molecule has 5 nitrogen and oxygen atoms in total. The molecule has 3 fully saturated rings. The Kier molecular flexibility index (Phi) is 5.90. The Bertz CT molecular complexity index is 725. The Labute approximate surface area is 175 Å². The number of piperidine rings is 1. The maximum Gasteiger partial charge on any atom is 0.223 e. The average molecular weight is 401 g/mol. The number of amides is 1. The second-order valence-electron chi connectivity index (χ2n) is 10.0. The molecule has 0 bridgehead atoms. The third-order valence-electron chi connectivity index (χ3n) is 7.15. The zero-order valence-electron chi connectivity index (χ0n) is 18.3. The van der Waals surface area contributed by atoms with Gasteiger partial charge in [0.1, 0.15) is 5.75 Å². The van der Waals surface area contributed by atoms with Gasteiger partial charge in [0.15, 0.2) is 0 Å². The first-order chi connectivity index (χ1) is 13.9. The molecule has 29 heavy (non-hydrogen) atoms. The van der Waals surface area contributed by atoms with Gasteiger partial charge in [-0.05, 0) is 81.6 Å². The molecule has 1 spiro atoms. The van der Waals surface area contributed by atoms with Crippen LogP contribution >= 0.6 is 0 Å². The van der Waals surface area contributed by atoms with E-state index in [4.69, 9.17) is 9.47 Å². The van der Waals surface area contributed by atoms with Crippen molar-refractivity contribution in [1.82, 2.24) is 9.80 Å². The minimum Gasteiger partial charge on any atom is -0.497 e. The molecular weight excluding hydrogens is 364 g/mol. The fraction of sp³-hybridized carbons (Fsp3) is 0.708. The number of nitrogens with zero attached hydrogens (tertiary/aromatic N) is 2. The normalized spacial score (nSPS) is 26.8. The van der Waals surface area contributed by atoms with E-state index >= 15 is 0 Å². The zero-order valence-corrected chi connectivity index (χ0v) is 18.3. The fourth-order valence-electron chi connectivity index (χ4n) is 5.54. The summed E-state index contributed by atoms with van der Waals surface area (Å²) >= 11 is 0. The number of rotatable bonds is 5. The number of likely N-dealkylation sites (tertiary alicyclic amines) is 2. The summed E-state index contributed by atoms with van der Waals surface area (Å²) in [4.78, 5) is 17.4. The van der Waals surface area contributed by atoms with Crippen molar-refractivity contribution in [2.75, 3.05) is 39.9 Å². The van der Waals surface area contributed by atoms with Crippen molar-refractivity contribution in [3.63, 3.8) is 0 Å². The third-order valence-corrected chi connectivity index (χ3v) is 7.15. The van der Waals surface area contributed by atoms with E-state index < -0.39 is 0 Å². The van der Waals surface area contributed by atoms with Crippen LogP contribution in [0.4, 0.5) is 0 Å². The number of methoxy groups -OCH3 is 1. The Balaban J connectivity index is 1.30. The highest BCUT2D eigenvalue weighted by atomic mass is 16.5. The van der Waals surface area contributed by atoms with E-state index in [1.54, 1.807) is 7.11 Å². The van der Waals surface area contributed by atoms with E-state index in [1.807, 2.05) is 18.2 Å². The summed E-state index contributed by atoms with van der Waals surface area (Å²) in [5.41, 5.74) is 1.36. The molecule has 160 valence electrons. The van der Waals surface area contributed by atoms with Crippen LogP contribution in [0.25, 0.3) is 0 Å². The number of hydrogen-bond donors (Lipinski definition) is 0. The monoisotopic (exact) mass is 400 g/mol. The molecule has 3 saturated heterocycles. The van der Waals surface area contributed by atoms with Crippen LogP contribution in [0.2, 0.25) is 0 Å². The summed E-state index contributed by atoms with van der Waals surface area (Å²) in [5.74, 6) is 1.91. The molecule has 0 aliphatic carbocycles. The predicted molar refractivity (Wildman–Crippen MR) is 114 cm³/mol. The molecule has 1 atom stereocenters. The standard InChI is InChI=1S/C24H36N2O3/c1-23(2)14-20(7-12-29-23)16-25-10-8-24(9-11-25)15-22(27)26(18-24)17-19-5-4-6-21(13-19)28-3/h4-6,13,20H,7-12,14-18H2,1-3H3/t20-/m0/s1. The Morgan fingerprint density at radius 3 is 2.76 bits per heavy atom. The van der Waals surface area contributed by atoms with Gasteiger partial charge in [-0.2, -0.15) is 0 Å². The van der Waals surface area contributed by atoms with E-state index in [9.17, 15) is 4.79 Å². The molecule has 1 aromatic rings. The van der Waals surface area contributed by atoms with E-state index in [-0.39, 0.29) is 11.0 Å². The minimum atomic E-state index is 0.0262. The van der Waals surface area contributed by atoms with Gasteiger partial charge in [0.2, 0.25) is 5.91 Å². The number of hydrogen-bond acceptors (Lipinski definition) is 4. The molecule has 0 radical (unpaired) electrons. The molecule has 0 unspecified atom stereocenters. The predicted octanol–water partition coefficient (Wildman–Crippen LogP) is 3.71. The van der Waals surface area contributed by atoms with Crippen LogP contribution in [0, 0.1) is 11.3 Å². The van der Waals surface area contributed by atoms with Crippen molar-refractivity contribution in [3.8, 4) is 5.75 Å². The third kappa shape index (κ3) is 4.95. The molecule has 5 heteroatoms. The molecule has 0 saturated carbocycles. The number of ether oxygens (including phenoxy) is 2. The summed E-state index contributed by atoms with van der Waals surface area (Å²) in [5, 5.41) is 0. The SMILES string of the molecule is COc1cccc(CN2CC3(CCN(C[C@H]4CCOC(C)(C)C4)CC3)CC2=O)c1. The number of carbonyl (C=O) groups excluding carboxylic acids is 1. The van der Waals surface area contributed by atoms with Crippen LogP contribution in [0.15, 0.2) is 24.3 Å². The van der Waals surface area contributed by atoms with E-state index in [1.165, 1.54) is 13.0 Å². The van der Waals surface area contributed by atoms with Gasteiger partial charge in [0.25, 0.3) is 0 Å². The second kappa shape index (κ2) is 8.27. The molecule has 3 aliphatic heterocycles. The molecule has 1 amide bonds. The van der Waals surface area contributed by atoms with Gasteiger partial charge >= 0.3 is 0 Å². The highest BCUT2D eigenvalue weighted by Gasteiger charge is 2.45. The van der Waals surface area contributed by atoms with Crippen molar-refractivity contribution in [2.45, 2.75) is 58.1 Å². The van der Waals surface area contributed by atoms with Gasteiger partial charge in [-0.1, -0.05) is 12.1 Å². The molecule has 3 heterocycles. The summed E-state index contributed by atoms with van der Waals surface area (Å²) in [7, 11) is 1.68. The van der Waals surface area contributed by atoms with E-state index in [0.29, 0.717) is 12.5 Å². The molecular formula is C24H36N2O3. The first-order valence-corrected chi connectivity index (χ1v) is 11.1. The quantitative estimate of drug-likeness (QED) is 0.756. The topological polar surface area (TPSA) is 42.0 Å². The minimum absolute atomic E-state index is 0.0262. The highest BCUT2D eigenvalue weighted by molar-refractivity contribution is 5.79. The maximum atomic E-state index is 12.7. The van der Waals surface area contributed by atoms with Crippen LogP contribution < -0.4 is 4.74 Å². The lowest BCUT2D eigenvalue weighted by atomic mass is 9.77. The van der Waals surface area contributed by atoms with Gasteiger partial charge < -0.3 is 19.3 Å². The number of carbonyl (C=O) groups is 1. The van der Waals surface area contributed by atoms with Crippen molar-refractivity contribution in [2.24, 2.45) is 11.3 Å². The lowest BCUT2D eigenvalue weighted by molar-refractivity contribution is -0.128. The largest absolute Gasteiger partial charge is 0.497 e.